The number of aromatic nitrogens is 1. The number of hydrogen-bond acceptors (Lipinski definition) is 4. The highest BCUT2D eigenvalue weighted by Gasteiger charge is 2.10. The van der Waals surface area contributed by atoms with Crippen LogP contribution in [0, 0.1) is 0 Å². The topological polar surface area (TPSA) is 48.4 Å². The van der Waals surface area contributed by atoms with E-state index >= 15 is 0 Å². The number of nitrogens with zero attached hydrogens (tertiary/aromatic N) is 2. The van der Waals surface area contributed by atoms with Crippen molar-refractivity contribution in [3.8, 4) is 5.75 Å². The number of aromatic hydroxyl groups is 1. The number of fused-ring (bicyclic) bond motifs is 1. The number of benzene rings is 1. The zero-order valence-corrected chi connectivity index (χ0v) is 15.4. The molecule has 0 aliphatic heterocycles. The van der Waals surface area contributed by atoms with Crippen molar-refractivity contribution in [3.05, 3.63) is 46.6 Å². The van der Waals surface area contributed by atoms with Crippen LogP contribution in [-0.4, -0.2) is 33.5 Å². The Balaban J connectivity index is 1.90. The molecular formula is C20H24ClN3O. The van der Waals surface area contributed by atoms with Crippen molar-refractivity contribution in [2.75, 3.05) is 18.4 Å². The minimum atomic E-state index is 0.00426. The van der Waals surface area contributed by atoms with E-state index in [1.807, 2.05) is 24.3 Å². The fraction of sp³-hybridized carbons (Fsp3) is 0.350. The first kappa shape index (κ1) is 17.8. The number of rotatable bonds is 6. The molecule has 1 atom stereocenters. The van der Waals surface area contributed by atoms with Crippen molar-refractivity contribution in [2.45, 2.75) is 32.2 Å². The van der Waals surface area contributed by atoms with Crippen molar-refractivity contribution < 1.29 is 5.11 Å². The highest BCUT2D eigenvalue weighted by molar-refractivity contribution is 6.24. The predicted molar refractivity (Wildman–Crippen MR) is 105 cm³/mol. The van der Waals surface area contributed by atoms with Crippen LogP contribution in [0.15, 0.2) is 30.5 Å². The molecule has 0 saturated carbocycles. The molecule has 5 heteroatoms. The number of phenols is 1. The molecule has 1 heterocycles. The van der Waals surface area contributed by atoms with Crippen LogP contribution < -0.4 is 15.9 Å². The van der Waals surface area contributed by atoms with E-state index in [1.165, 1.54) is 0 Å². The van der Waals surface area contributed by atoms with Crippen molar-refractivity contribution in [1.29, 1.82) is 0 Å². The van der Waals surface area contributed by atoms with Crippen molar-refractivity contribution in [3.63, 3.8) is 0 Å². The fourth-order valence-corrected chi connectivity index (χ4v) is 3.26. The molecule has 25 heavy (non-hydrogen) atoms. The zero-order chi connectivity index (χ0) is 17.8. The Bertz CT molecular complexity index is 862. The molecule has 3 rings (SSSR count). The van der Waals surface area contributed by atoms with Gasteiger partial charge < -0.3 is 10.4 Å². The molecule has 1 aromatic carbocycles. The van der Waals surface area contributed by atoms with E-state index in [9.17, 15) is 5.11 Å². The lowest BCUT2D eigenvalue weighted by molar-refractivity contribution is 0.291. The average molecular weight is 358 g/mol. The lowest BCUT2D eigenvalue weighted by Crippen LogP contribution is -2.34. The first-order valence-corrected chi connectivity index (χ1v) is 9.16. The monoisotopic (exact) mass is 357 g/mol. The Morgan fingerprint density at radius 1 is 1.28 bits per heavy atom. The van der Waals surface area contributed by atoms with Crippen LogP contribution in [0.3, 0.4) is 0 Å². The SMILES string of the molecule is CCN(CC)Cc1cc(Nc2ccnc3c2=CCC(Cl)C=3)ccc1O. The third-order valence-corrected chi connectivity index (χ3v) is 4.86. The summed E-state index contributed by atoms with van der Waals surface area (Å²) >= 11 is 6.19. The van der Waals surface area contributed by atoms with Crippen LogP contribution in [0.4, 0.5) is 11.4 Å². The summed E-state index contributed by atoms with van der Waals surface area (Å²) in [5.41, 5.74) is 2.88. The fourth-order valence-electron chi connectivity index (χ4n) is 3.05. The van der Waals surface area contributed by atoms with Gasteiger partial charge in [0.05, 0.1) is 10.7 Å². The molecular weight excluding hydrogens is 334 g/mol. The van der Waals surface area contributed by atoms with E-state index in [2.05, 4.69) is 35.1 Å². The van der Waals surface area contributed by atoms with Gasteiger partial charge in [-0.15, -0.1) is 11.6 Å². The number of phenolic OH excluding ortho intramolecular Hbond substituents is 1. The molecule has 2 aromatic rings. The minimum absolute atomic E-state index is 0.00426. The van der Waals surface area contributed by atoms with Gasteiger partial charge in [0.2, 0.25) is 0 Å². The summed E-state index contributed by atoms with van der Waals surface area (Å²) in [6, 6.07) is 7.62. The number of halogens is 1. The van der Waals surface area contributed by atoms with E-state index in [0.717, 1.165) is 53.6 Å². The van der Waals surface area contributed by atoms with Gasteiger partial charge in [0, 0.05) is 34.9 Å². The Morgan fingerprint density at radius 2 is 2.08 bits per heavy atom. The zero-order valence-electron chi connectivity index (χ0n) is 14.7. The highest BCUT2D eigenvalue weighted by atomic mass is 35.5. The van der Waals surface area contributed by atoms with Gasteiger partial charge in [-0.25, -0.2) is 0 Å². The van der Waals surface area contributed by atoms with Crippen LogP contribution >= 0.6 is 11.6 Å². The molecule has 0 spiro atoms. The first-order chi connectivity index (χ1) is 12.1. The molecule has 1 aromatic heterocycles. The lowest BCUT2D eigenvalue weighted by Gasteiger charge is -2.19. The van der Waals surface area contributed by atoms with Crippen molar-refractivity contribution >= 4 is 35.1 Å². The molecule has 0 bridgehead atoms. The normalized spacial score (nSPS) is 16.1. The number of pyridine rings is 1. The van der Waals surface area contributed by atoms with Crippen molar-refractivity contribution in [2.24, 2.45) is 0 Å². The molecule has 132 valence electrons. The Kier molecular flexibility index (Phi) is 5.61. The number of anilines is 2. The Hall–Kier alpha value is -2.04. The first-order valence-electron chi connectivity index (χ1n) is 8.73. The van der Waals surface area contributed by atoms with Crippen LogP contribution in [-0.2, 0) is 6.54 Å². The van der Waals surface area contributed by atoms with Gasteiger partial charge in [-0.2, -0.15) is 0 Å². The summed E-state index contributed by atoms with van der Waals surface area (Å²) in [4.78, 5) is 6.68. The highest BCUT2D eigenvalue weighted by Crippen LogP contribution is 2.24. The Morgan fingerprint density at radius 3 is 2.84 bits per heavy atom. The van der Waals surface area contributed by atoms with E-state index in [0.29, 0.717) is 5.75 Å². The van der Waals surface area contributed by atoms with Gasteiger partial charge in [0.1, 0.15) is 5.75 Å². The summed E-state index contributed by atoms with van der Waals surface area (Å²) in [5, 5.41) is 15.6. The standard InChI is InChI=1S/C20H24ClN3O/c1-3-24(4-2)13-14-11-16(6-8-20(14)25)23-18-9-10-22-19-12-15(21)5-7-17(18)19/h6-12,15,23,25H,3-5,13H2,1-2H3. The molecule has 1 unspecified atom stereocenters. The molecule has 0 saturated heterocycles. The van der Waals surface area contributed by atoms with Gasteiger partial charge in [-0.05, 0) is 49.9 Å². The van der Waals surface area contributed by atoms with E-state index < -0.39 is 0 Å². The van der Waals surface area contributed by atoms with Crippen LogP contribution in [0.1, 0.15) is 25.8 Å². The summed E-state index contributed by atoms with van der Waals surface area (Å²) in [6.07, 6.45) is 6.71. The number of nitrogens with one attached hydrogen (secondary N) is 1. The molecule has 0 radical (unpaired) electrons. The second kappa shape index (κ2) is 7.89. The van der Waals surface area contributed by atoms with E-state index in [-0.39, 0.29) is 5.38 Å². The second-order valence-electron chi connectivity index (χ2n) is 6.21. The third kappa shape index (κ3) is 4.14. The summed E-state index contributed by atoms with van der Waals surface area (Å²) in [6.45, 7) is 6.90. The van der Waals surface area contributed by atoms with Gasteiger partial charge >= 0.3 is 0 Å². The molecule has 0 fully saturated rings. The predicted octanol–water partition coefficient (Wildman–Crippen LogP) is 2.94. The Labute approximate surface area is 153 Å². The maximum atomic E-state index is 10.2. The van der Waals surface area contributed by atoms with E-state index in [1.54, 1.807) is 12.3 Å². The van der Waals surface area contributed by atoms with Gasteiger partial charge in [0.25, 0.3) is 0 Å². The third-order valence-electron chi connectivity index (χ3n) is 4.55. The smallest absolute Gasteiger partial charge is 0.120 e. The van der Waals surface area contributed by atoms with E-state index in [4.69, 9.17) is 11.6 Å². The summed E-state index contributed by atoms with van der Waals surface area (Å²) in [7, 11) is 0. The number of hydrogen-bond donors (Lipinski definition) is 2. The van der Waals surface area contributed by atoms with Crippen LogP contribution in [0.2, 0.25) is 0 Å². The molecule has 2 N–H and O–H groups in total. The number of alkyl halides is 1. The van der Waals surface area contributed by atoms with Crippen molar-refractivity contribution in [1.82, 2.24) is 9.88 Å². The average Bonchev–Trinajstić information content (AvgIpc) is 2.62. The van der Waals surface area contributed by atoms with Crippen LogP contribution in [0.25, 0.3) is 12.2 Å². The van der Waals surface area contributed by atoms with Crippen LogP contribution in [0.5, 0.6) is 5.75 Å². The quantitative estimate of drug-likeness (QED) is 0.616. The summed E-state index contributed by atoms with van der Waals surface area (Å²) in [5.74, 6) is 0.332. The molecule has 1 aliphatic carbocycles. The molecule has 1 aliphatic rings. The maximum Gasteiger partial charge on any atom is 0.120 e. The largest absolute Gasteiger partial charge is 0.508 e. The molecule has 4 nitrogen and oxygen atoms in total. The minimum Gasteiger partial charge on any atom is -0.508 e. The molecule has 0 amide bonds. The van der Waals surface area contributed by atoms with Gasteiger partial charge in [-0.3, -0.25) is 9.88 Å². The maximum absolute atomic E-state index is 10.2. The summed E-state index contributed by atoms with van der Waals surface area (Å²) < 4.78 is 0. The second-order valence-corrected chi connectivity index (χ2v) is 6.77. The van der Waals surface area contributed by atoms with Gasteiger partial charge in [0.15, 0.2) is 0 Å². The van der Waals surface area contributed by atoms with Gasteiger partial charge in [-0.1, -0.05) is 19.9 Å². The lowest BCUT2D eigenvalue weighted by atomic mass is 10.1.